The minimum absolute atomic E-state index is 0.0302. The van der Waals surface area contributed by atoms with Crippen LogP contribution in [0.3, 0.4) is 0 Å². The van der Waals surface area contributed by atoms with Crippen LogP contribution in [0.2, 0.25) is 18.6 Å². The van der Waals surface area contributed by atoms with Crippen molar-refractivity contribution >= 4 is 14.2 Å². The quantitative estimate of drug-likeness (QED) is 0.631. The van der Waals surface area contributed by atoms with Crippen molar-refractivity contribution in [1.29, 1.82) is 0 Å². The number of hydrogen-bond donors (Lipinski definition) is 2. The number of aliphatic hydroxyl groups is 1. The summed E-state index contributed by atoms with van der Waals surface area (Å²) in [7, 11) is -1.11. The predicted octanol–water partition coefficient (Wildman–Crippen LogP) is 3.67. The molecule has 1 unspecified atom stereocenters. The number of ether oxygens (including phenoxy) is 2. The topological polar surface area (TPSA) is 79.2 Å². The summed E-state index contributed by atoms with van der Waals surface area (Å²) >= 11 is 0. The van der Waals surface area contributed by atoms with E-state index in [-0.39, 0.29) is 48.6 Å². The molecular formula is C26H35NO5Si. The molecule has 0 spiro atoms. The maximum absolute atomic E-state index is 13.6. The van der Waals surface area contributed by atoms with Gasteiger partial charge >= 0.3 is 0 Å². The van der Waals surface area contributed by atoms with E-state index in [1.165, 1.54) is 5.56 Å². The van der Waals surface area contributed by atoms with Gasteiger partial charge in [-0.2, -0.15) is 0 Å². The van der Waals surface area contributed by atoms with Crippen LogP contribution >= 0.6 is 0 Å². The second kappa shape index (κ2) is 9.58. The number of amides is 1. The molecule has 2 heterocycles. The summed E-state index contributed by atoms with van der Waals surface area (Å²) in [6, 6.07) is 15.6. The van der Waals surface area contributed by atoms with Crippen molar-refractivity contribution in [3.63, 3.8) is 0 Å². The number of hydrogen-bond acceptors (Lipinski definition) is 5. The minimum atomic E-state index is -2.80. The van der Waals surface area contributed by atoms with Crippen molar-refractivity contribution in [2.75, 3.05) is 13.7 Å². The van der Waals surface area contributed by atoms with Crippen LogP contribution in [0, 0.1) is 5.92 Å². The van der Waals surface area contributed by atoms with Crippen LogP contribution in [0.5, 0.6) is 5.75 Å². The van der Waals surface area contributed by atoms with Gasteiger partial charge in [0, 0.05) is 37.1 Å². The number of methoxy groups -OCH3 is 1. The fraction of sp³-hybridized carbons (Fsp3) is 0.500. The maximum Gasteiger partial charge on any atom is 0.223 e. The number of nitrogens with zero attached hydrogens (tertiary/aromatic N) is 1. The lowest BCUT2D eigenvalue weighted by molar-refractivity contribution is -0.136. The average molecular weight is 470 g/mol. The van der Waals surface area contributed by atoms with Crippen LogP contribution in [-0.4, -0.2) is 54.9 Å². The molecule has 2 aromatic rings. The lowest BCUT2D eigenvalue weighted by atomic mass is 9.86. The van der Waals surface area contributed by atoms with Crippen molar-refractivity contribution in [1.82, 2.24) is 4.90 Å². The van der Waals surface area contributed by atoms with Gasteiger partial charge in [0.15, 0.2) is 8.32 Å². The summed E-state index contributed by atoms with van der Waals surface area (Å²) in [6.07, 6.45) is 0.312. The third-order valence-corrected chi connectivity index (χ3v) is 9.67. The second-order valence-corrected chi connectivity index (χ2v) is 14.0. The highest BCUT2D eigenvalue weighted by molar-refractivity contribution is 6.71. The molecule has 6 nitrogen and oxygen atoms in total. The molecule has 33 heavy (non-hydrogen) atoms. The number of para-hydroxylation sites is 1. The molecule has 2 N–H and O–H groups in total. The minimum Gasteiger partial charge on any atom is -0.490 e. The molecule has 0 aliphatic carbocycles. The predicted molar refractivity (Wildman–Crippen MR) is 129 cm³/mol. The Hall–Kier alpha value is -2.19. The molecule has 4 rings (SSSR count). The summed E-state index contributed by atoms with van der Waals surface area (Å²) in [6.45, 7) is 6.21. The van der Waals surface area contributed by atoms with Gasteiger partial charge in [0.2, 0.25) is 5.91 Å². The zero-order chi connectivity index (χ0) is 23.8. The molecule has 0 saturated carbocycles. The molecule has 178 valence electrons. The molecule has 0 aromatic heterocycles. The normalized spacial score (nSPS) is 25.6. The fourth-order valence-corrected chi connectivity index (χ4v) is 7.29. The molecule has 0 bridgehead atoms. The number of aliphatic hydroxyl groups excluding tert-OH is 1. The Labute approximate surface area is 197 Å². The van der Waals surface area contributed by atoms with Gasteiger partial charge in [-0.1, -0.05) is 49.4 Å². The van der Waals surface area contributed by atoms with E-state index in [1.807, 2.05) is 55.6 Å². The maximum atomic E-state index is 13.6. The molecule has 0 fully saturated rings. The Kier molecular flexibility index (Phi) is 6.95. The highest BCUT2D eigenvalue weighted by Crippen LogP contribution is 2.46. The fourth-order valence-electron chi connectivity index (χ4n) is 5.44. The molecule has 0 radical (unpaired) electrons. The van der Waals surface area contributed by atoms with E-state index in [4.69, 9.17) is 9.47 Å². The van der Waals surface area contributed by atoms with E-state index in [0.29, 0.717) is 13.0 Å². The lowest BCUT2D eigenvalue weighted by Crippen LogP contribution is -2.52. The molecule has 2 aromatic carbocycles. The standard InChI is InChI=1S/C26H35NO5Si/c1-17-25(31-2)21-11-7-8-12-22(21)32-26(17)23(33(3,4)30)14-24(29)27-15-19-10-6-5-9-18(19)13-20(27)16-28/h5-12,17,20,23,25-26,28,30H,13-16H2,1-4H3/t17-,20+,23?,25-,26-/m1/s1. The number of benzene rings is 2. The van der Waals surface area contributed by atoms with Gasteiger partial charge in [-0.05, 0) is 36.7 Å². The molecule has 5 atom stereocenters. The SMILES string of the molecule is CO[C@H]1c2ccccc2O[C@@H](C(CC(=O)N2Cc3ccccc3C[C@H]2CO)[Si](C)(C)O)[C@@H]1C. The van der Waals surface area contributed by atoms with Crippen molar-refractivity contribution in [3.8, 4) is 5.75 Å². The van der Waals surface area contributed by atoms with Crippen LogP contribution < -0.4 is 4.74 Å². The Morgan fingerprint density at radius 3 is 2.52 bits per heavy atom. The van der Waals surface area contributed by atoms with Crippen molar-refractivity contribution in [2.24, 2.45) is 5.92 Å². The summed E-state index contributed by atoms with van der Waals surface area (Å²) in [4.78, 5) is 26.7. The third kappa shape index (κ3) is 4.73. The van der Waals surface area contributed by atoms with Crippen molar-refractivity contribution in [3.05, 3.63) is 65.2 Å². The van der Waals surface area contributed by atoms with Crippen LogP contribution in [0.4, 0.5) is 0 Å². The van der Waals surface area contributed by atoms with Crippen LogP contribution in [0.1, 0.15) is 36.1 Å². The van der Waals surface area contributed by atoms with Gasteiger partial charge in [-0.3, -0.25) is 4.79 Å². The number of rotatable bonds is 6. The summed E-state index contributed by atoms with van der Waals surface area (Å²) < 4.78 is 12.3. The van der Waals surface area contributed by atoms with Gasteiger partial charge < -0.3 is 24.3 Å². The first-order valence-electron chi connectivity index (χ1n) is 11.7. The highest BCUT2D eigenvalue weighted by Gasteiger charge is 2.47. The van der Waals surface area contributed by atoms with Crippen molar-refractivity contribution < 1.29 is 24.2 Å². The molecule has 2 aliphatic rings. The smallest absolute Gasteiger partial charge is 0.223 e. The van der Waals surface area contributed by atoms with Crippen LogP contribution in [0.25, 0.3) is 0 Å². The van der Waals surface area contributed by atoms with Gasteiger partial charge in [0.1, 0.15) is 11.9 Å². The van der Waals surface area contributed by atoms with Gasteiger partial charge in [0.05, 0.1) is 18.8 Å². The van der Waals surface area contributed by atoms with E-state index >= 15 is 0 Å². The third-order valence-electron chi connectivity index (χ3n) is 7.32. The first-order chi connectivity index (χ1) is 15.7. The Morgan fingerprint density at radius 1 is 1.18 bits per heavy atom. The Balaban J connectivity index is 1.61. The van der Waals surface area contributed by atoms with Gasteiger partial charge in [-0.15, -0.1) is 0 Å². The zero-order valence-corrected chi connectivity index (χ0v) is 20.9. The molecule has 2 aliphatic heterocycles. The first kappa shape index (κ1) is 23.9. The zero-order valence-electron chi connectivity index (χ0n) is 19.9. The Morgan fingerprint density at radius 2 is 1.85 bits per heavy atom. The summed E-state index contributed by atoms with van der Waals surface area (Å²) in [5.41, 5.74) is 2.97. The van der Waals surface area contributed by atoms with Crippen molar-refractivity contribution in [2.45, 2.75) is 63.2 Å². The van der Waals surface area contributed by atoms with Gasteiger partial charge in [-0.25, -0.2) is 0 Å². The summed E-state index contributed by atoms with van der Waals surface area (Å²) in [5.74, 6) is 0.674. The molecule has 1 amide bonds. The summed E-state index contributed by atoms with van der Waals surface area (Å²) in [5, 5.41) is 10.0. The van der Waals surface area contributed by atoms with Crippen LogP contribution in [-0.2, 0) is 22.5 Å². The van der Waals surface area contributed by atoms with Crippen LogP contribution in [0.15, 0.2) is 48.5 Å². The van der Waals surface area contributed by atoms with E-state index in [1.54, 1.807) is 12.0 Å². The average Bonchev–Trinajstić information content (AvgIpc) is 2.80. The molecule has 0 saturated heterocycles. The highest BCUT2D eigenvalue weighted by atomic mass is 28.4. The lowest BCUT2D eigenvalue weighted by Gasteiger charge is -2.44. The largest absolute Gasteiger partial charge is 0.490 e. The second-order valence-electron chi connectivity index (χ2n) is 9.93. The van der Waals surface area contributed by atoms with E-state index in [0.717, 1.165) is 16.9 Å². The Bertz CT molecular complexity index is 991. The van der Waals surface area contributed by atoms with E-state index < -0.39 is 8.32 Å². The number of fused-ring (bicyclic) bond motifs is 2. The van der Waals surface area contributed by atoms with E-state index in [2.05, 4.69) is 13.0 Å². The van der Waals surface area contributed by atoms with E-state index in [9.17, 15) is 14.7 Å². The molecule has 7 heteroatoms. The van der Waals surface area contributed by atoms with Gasteiger partial charge in [0.25, 0.3) is 0 Å². The first-order valence-corrected chi connectivity index (χ1v) is 14.7. The number of carbonyl (C=O) groups is 1. The monoisotopic (exact) mass is 469 g/mol. The molecular weight excluding hydrogens is 434 g/mol. The number of carbonyl (C=O) groups excluding carboxylic acids is 1.